The van der Waals surface area contributed by atoms with Crippen molar-refractivity contribution >= 4 is 24.8 Å². The zero-order valence-corrected chi connectivity index (χ0v) is 12.9. The quantitative estimate of drug-likeness (QED) is 0.798. The number of nitrogens with one attached hydrogen (secondary N) is 2. The maximum atomic E-state index is 11.0. The summed E-state index contributed by atoms with van der Waals surface area (Å²) in [5, 5.41) is 17.8. The van der Waals surface area contributed by atoms with Gasteiger partial charge in [0.05, 0.1) is 6.04 Å². The lowest BCUT2D eigenvalue weighted by atomic mass is 9.82. The predicted octanol–water partition coefficient (Wildman–Crippen LogP) is 2.08. The molecule has 0 radical (unpaired) electrons. The third-order valence-electron chi connectivity index (χ3n) is 3.52. The molecule has 5 heteroatoms. The summed E-state index contributed by atoms with van der Waals surface area (Å²) in [7, 11) is 0. The molecule has 110 valence electrons. The summed E-state index contributed by atoms with van der Waals surface area (Å²) in [6.07, 6.45) is 1.76. The van der Waals surface area contributed by atoms with E-state index in [1.54, 1.807) is 0 Å². The maximum Gasteiger partial charge on any atom is 0.106 e. The fourth-order valence-corrected chi connectivity index (χ4v) is 2.62. The van der Waals surface area contributed by atoms with Crippen LogP contribution in [0.4, 0.5) is 0 Å². The zero-order chi connectivity index (χ0) is 12.1. The van der Waals surface area contributed by atoms with Crippen molar-refractivity contribution < 1.29 is 5.11 Å². The minimum absolute atomic E-state index is 0. The van der Waals surface area contributed by atoms with Gasteiger partial charge in [0.1, 0.15) is 5.60 Å². The molecule has 0 aromatic heterocycles. The van der Waals surface area contributed by atoms with Crippen molar-refractivity contribution in [2.75, 3.05) is 19.6 Å². The van der Waals surface area contributed by atoms with E-state index in [9.17, 15) is 5.11 Å². The van der Waals surface area contributed by atoms with Crippen molar-refractivity contribution in [3.8, 4) is 0 Å². The molecule has 0 saturated carbocycles. The van der Waals surface area contributed by atoms with Crippen LogP contribution < -0.4 is 10.6 Å². The fraction of sp³-hybridized carbons (Fsp3) is 0.571. The van der Waals surface area contributed by atoms with Gasteiger partial charge in [-0.1, -0.05) is 43.7 Å². The summed E-state index contributed by atoms with van der Waals surface area (Å²) in [5.74, 6) is 0. The molecule has 0 bridgehead atoms. The Kier molecular flexibility index (Phi) is 8.62. The second-order valence-electron chi connectivity index (χ2n) is 4.75. The molecule has 0 spiro atoms. The second-order valence-corrected chi connectivity index (χ2v) is 4.75. The summed E-state index contributed by atoms with van der Waals surface area (Å²) < 4.78 is 0. The van der Waals surface area contributed by atoms with E-state index in [2.05, 4.69) is 17.6 Å². The van der Waals surface area contributed by atoms with Crippen LogP contribution in [0.5, 0.6) is 0 Å². The molecule has 0 amide bonds. The van der Waals surface area contributed by atoms with Crippen LogP contribution in [0.15, 0.2) is 30.3 Å². The molecule has 2 rings (SSSR count). The van der Waals surface area contributed by atoms with E-state index >= 15 is 0 Å². The minimum Gasteiger partial charge on any atom is -0.383 e. The molecule has 0 aliphatic carbocycles. The number of benzene rings is 1. The van der Waals surface area contributed by atoms with Gasteiger partial charge in [-0.05, 0) is 12.0 Å². The average molecular weight is 307 g/mol. The number of aliphatic hydroxyl groups is 1. The Morgan fingerprint density at radius 1 is 1.21 bits per heavy atom. The standard InChI is InChI=1S/C14H22N2O.2ClH/c1-2-8-14(17,12-6-4-3-5-7-12)13-11-15-9-10-16-13;;/h3-7,13,15-17H,2,8-11H2,1H3;2*1H. The number of hydrogen-bond donors (Lipinski definition) is 3. The van der Waals surface area contributed by atoms with Gasteiger partial charge in [0.2, 0.25) is 0 Å². The first kappa shape index (κ1) is 18.7. The van der Waals surface area contributed by atoms with Gasteiger partial charge < -0.3 is 15.7 Å². The molecule has 2 unspecified atom stereocenters. The molecule has 3 nitrogen and oxygen atoms in total. The Morgan fingerprint density at radius 2 is 1.89 bits per heavy atom. The monoisotopic (exact) mass is 306 g/mol. The topological polar surface area (TPSA) is 44.3 Å². The first-order valence-electron chi connectivity index (χ1n) is 6.49. The van der Waals surface area contributed by atoms with Crippen LogP contribution >= 0.6 is 24.8 Å². The SMILES string of the molecule is CCCC(O)(c1ccccc1)C1CNCCN1.Cl.Cl. The van der Waals surface area contributed by atoms with Gasteiger partial charge in [0.15, 0.2) is 0 Å². The Labute approximate surface area is 128 Å². The number of piperazine rings is 1. The molecule has 3 N–H and O–H groups in total. The van der Waals surface area contributed by atoms with Gasteiger partial charge in [-0.15, -0.1) is 24.8 Å². The lowest BCUT2D eigenvalue weighted by Gasteiger charge is -2.39. The summed E-state index contributed by atoms with van der Waals surface area (Å²) >= 11 is 0. The van der Waals surface area contributed by atoms with Crippen molar-refractivity contribution in [2.24, 2.45) is 0 Å². The lowest BCUT2D eigenvalue weighted by molar-refractivity contribution is -0.0162. The van der Waals surface area contributed by atoms with Crippen molar-refractivity contribution in [2.45, 2.75) is 31.4 Å². The van der Waals surface area contributed by atoms with Gasteiger partial charge >= 0.3 is 0 Å². The van der Waals surface area contributed by atoms with E-state index in [0.717, 1.165) is 38.0 Å². The van der Waals surface area contributed by atoms with Gasteiger partial charge in [0, 0.05) is 19.6 Å². The highest BCUT2D eigenvalue weighted by molar-refractivity contribution is 5.85. The highest BCUT2D eigenvalue weighted by Crippen LogP contribution is 2.30. The Hall–Kier alpha value is -0.320. The van der Waals surface area contributed by atoms with Crippen LogP contribution in [0.25, 0.3) is 0 Å². The number of halogens is 2. The molecule has 1 fully saturated rings. The first-order chi connectivity index (χ1) is 8.27. The summed E-state index contributed by atoms with van der Waals surface area (Å²) in [6, 6.07) is 10.1. The van der Waals surface area contributed by atoms with E-state index < -0.39 is 5.60 Å². The average Bonchev–Trinajstić information content (AvgIpc) is 2.41. The maximum absolute atomic E-state index is 11.0. The van der Waals surface area contributed by atoms with E-state index in [1.807, 2.05) is 30.3 Å². The molecule has 2 atom stereocenters. The molecule has 1 aromatic rings. The van der Waals surface area contributed by atoms with Crippen molar-refractivity contribution in [3.05, 3.63) is 35.9 Å². The molecule has 1 aromatic carbocycles. The minimum atomic E-state index is -0.760. The third-order valence-corrected chi connectivity index (χ3v) is 3.52. The van der Waals surface area contributed by atoms with E-state index in [4.69, 9.17) is 0 Å². The van der Waals surface area contributed by atoms with Gasteiger partial charge in [-0.25, -0.2) is 0 Å². The predicted molar refractivity (Wildman–Crippen MR) is 84.4 cm³/mol. The Bertz CT molecular complexity index is 345. The van der Waals surface area contributed by atoms with Crippen LogP contribution in [-0.2, 0) is 5.60 Å². The smallest absolute Gasteiger partial charge is 0.106 e. The summed E-state index contributed by atoms with van der Waals surface area (Å²) in [4.78, 5) is 0. The number of rotatable bonds is 4. The molecule has 1 aliphatic rings. The van der Waals surface area contributed by atoms with Gasteiger partial charge in [0.25, 0.3) is 0 Å². The highest BCUT2D eigenvalue weighted by Gasteiger charge is 2.37. The van der Waals surface area contributed by atoms with Crippen LogP contribution in [0.2, 0.25) is 0 Å². The Balaban J connectivity index is 0.00000162. The fourth-order valence-electron chi connectivity index (χ4n) is 2.62. The molecule has 1 heterocycles. The number of hydrogen-bond acceptors (Lipinski definition) is 3. The molecule has 1 saturated heterocycles. The van der Waals surface area contributed by atoms with E-state index in [1.165, 1.54) is 0 Å². The Morgan fingerprint density at radius 3 is 2.42 bits per heavy atom. The zero-order valence-electron chi connectivity index (χ0n) is 11.3. The molecule has 1 aliphatic heterocycles. The molecular weight excluding hydrogens is 283 g/mol. The largest absolute Gasteiger partial charge is 0.383 e. The summed E-state index contributed by atoms with van der Waals surface area (Å²) in [5.41, 5.74) is 0.256. The first-order valence-corrected chi connectivity index (χ1v) is 6.49. The van der Waals surface area contributed by atoms with Crippen molar-refractivity contribution in [3.63, 3.8) is 0 Å². The normalized spacial score (nSPS) is 21.7. The molecule has 19 heavy (non-hydrogen) atoms. The van der Waals surface area contributed by atoms with Crippen LogP contribution in [0.3, 0.4) is 0 Å². The second kappa shape index (κ2) is 8.77. The van der Waals surface area contributed by atoms with Crippen LogP contribution in [0.1, 0.15) is 25.3 Å². The lowest BCUT2D eigenvalue weighted by Crippen LogP contribution is -2.58. The van der Waals surface area contributed by atoms with Crippen molar-refractivity contribution in [1.29, 1.82) is 0 Å². The van der Waals surface area contributed by atoms with Gasteiger partial charge in [-0.2, -0.15) is 0 Å². The van der Waals surface area contributed by atoms with E-state index in [-0.39, 0.29) is 30.9 Å². The third kappa shape index (κ3) is 4.33. The van der Waals surface area contributed by atoms with Gasteiger partial charge in [-0.3, -0.25) is 0 Å². The molecular formula is C14H24Cl2N2O. The van der Waals surface area contributed by atoms with Crippen molar-refractivity contribution in [1.82, 2.24) is 10.6 Å². The highest BCUT2D eigenvalue weighted by atomic mass is 35.5. The summed E-state index contributed by atoms with van der Waals surface area (Å²) in [6.45, 7) is 4.84. The van der Waals surface area contributed by atoms with Crippen LogP contribution in [0, 0.1) is 0 Å². The van der Waals surface area contributed by atoms with Crippen LogP contribution in [-0.4, -0.2) is 30.8 Å². The van der Waals surface area contributed by atoms with E-state index in [0.29, 0.717) is 0 Å².